The molecule has 0 aliphatic heterocycles. The molecule has 0 radical (unpaired) electrons. The van der Waals surface area contributed by atoms with Gasteiger partial charge in [0.05, 0.1) is 12.4 Å². The maximum atomic E-state index is 12.4. The highest BCUT2D eigenvalue weighted by molar-refractivity contribution is 7.99. The quantitative estimate of drug-likeness (QED) is 0.343. The molecule has 34 heavy (non-hydrogen) atoms. The summed E-state index contributed by atoms with van der Waals surface area (Å²) in [6.45, 7) is 5.80. The maximum absolute atomic E-state index is 12.4. The molecule has 0 saturated carbocycles. The molecule has 6 heteroatoms. The zero-order valence-electron chi connectivity index (χ0n) is 19.8. The lowest BCUT2D eigenvalue weighted by atomic mass is 10.0. The number of anilines is 1. The van der Waals surface area contributed by atoms with Crippen LogP contribution in [0, 0.1) is 0 Å². The van der Waals surface area contributed by atoms with Crippen LogP contribution in [-0.2, 0) is 9.53 Å². The third-order valence-corrected chi connectivity index (χ3v) is 6.34. The molecule has 1 N–H and O–H groups in total. The Morgan fingerprint density at radius 1 is 0.853 bits per heavy atom. The highest BCUT2D eigenvalue weighted by atomic mass is 32.2. The summed E-state index contributed by atoms with van der Waals surface area (Å²) in [4.78, 5) is 26.5. The van der Waals surface area contributed by atoms with Gasteiger partial charge in [0.2, 0.25) is 5.91 Å². The molecule has 0 spiro atoms. The molecule has 5 nitrogen and oxygen atoms in total. The minimum atomic E-state index is -0.130. The van der Waals surface area contributed by atoms with Crippen LogP contribution in [0.5, 0.6) is 0 Å². The smallest absolute Gasteiger partial charge is 0.253 e. The van der Waals surface area contributed by atoms with Crippen LogP contribution in [0.3, 0.4) is 0 Å². The summed E-state index contributed by atoms with van der Waals surface area (Å²) in [5.41, 5.74) is 3.53. The number of ether oxygens (including phenoxy) is 1. The van der Waals surface area contributed by atoms with Crippen molar-refractivity contribution < 1.29 is 14.3 Å². The first-order valence-electron chi connectivity index (χ1n) is 11.6. The summed E-state index contributed by atoms with van der Waals surface area (Å²) < 4.78 is 6.20. The van der Waals surface area contributed by atoms with E-state index in [2.05, 4.69) is 29.6 Å². The molecule has 0 heterocycles. The van der Waals surface area contributed by atoms with E-state index in [1.54, 1.807) is 29.2 Å². The second-order valence-electron chi connectivity index (χ2n) is 7.73. The first kappa shape index (κ1) is 25.5. The zero-order valence-corrected chi connectivity index (χ0v) is 20.6. The highest BCUT2D eigenvalue weighted by Crippen LogP contribution is 2.26. The molecule has 3 rings (SSSR count). The fourth-order valence-electron chi connectivity index (χ4n) is 3.62. The van der Waals surface area contributed by atoms with Crippen LogP contribution in [0.25, 0.3) is 0 Å². The van der Waals surface area contributed by atoms with Gasteiger partial charge in [-0.2, -0.15) is 0 Å². The number of nitrogens with one attached hydrogen (secondary N) is 1. The van der Waals surface area contributed by atoms with Crippen molar-refractivity contribution in [2.45, 2.75) is 20.0 Å². The summed E-state index contributed by atoms with van der Waals surface area (Å²) in [7, 11) is 0. The number of nitrogens with zero attached hydrogens (tertiary/aromatic N) is 1. The summed E-state index contributed by atoms with van der Waals surface area (Å²) in [5.74, 6) is 0.976. The molecule has 3 aromatic carbocycles. The molecule has 0 saturated heterocycles. The van der Waals surface area contributed by atoms with Gasteiger partial charge in [-0.3, -0.25) is 9.59 Å². The average Bonchev–Trinajstić information content (AvgIpc) is 2.88. The van der Waals surface area contributed by atoms with Crippen LogP contribution in [0.15, 0.2) is 84.9 Å². The van der Waals surface area contributed by atoms with E-state index in [9.17, 15) is 9.59 Å². The summed E-state index contributed by atoms with van der Waals surface area (Å²) >= 11 is 1.53. The van der Waals surface area contributed by atoms with Crippen LogP contribution in [0.1, 0.15) is 41.4 Å². The van der Waals surface area contributed by atoms with Crippen molar-refractivity contribution in [1.29, 1.82) is 0 Å². The Balaban J connectivity index is 1.44. The van der Waals surface area contributed by atoms with Crippen LogP contribution < -0.4 is 5.32 Å². The van der Waals surface area contributed by atoms with Crippen LogP contribution in [-0.4, -0.2) is 47.9 Å². The van der Waals surface area contributed by atoms with Crippen LogP contribution in [0.2, 0.25) is 0 Å². The number of benzene rings is 3. The molecule has 0 fully saturated rings. The Morgan fingerprint density at radius 3 is 1.94 bits per heavy atom. The zero-order chi connectivity index (χ0) is 24.2. The molecule has 3 aromatic rings. The standard InChI is InChI=1S/C28H32N2O3S/c1-3-30(4-2)28(32)24-15-17-25(18-16-24)29-26(31)21-34-20-19-33-27(22-11-7-5-8-12-22)23-13-9-6-10-14-23/h5-18,27H,3-4,19-21H2,1-2H3,(H,29,31). The van der Waals surface area contributed by atoms with Gasteiger partial charge in [-0.25, -0.2) is 0 Å². The van der Waals surface area contributed by atoms with Crippen molar-refractivity contribution >= 4 is 29.3 Å². The number of amides is 2. The highest BCUT2D eigenvalue weighted by Gasteiger charge is 2.15. The van der Waals surface area contributed by atoms with Gasteiger partial charge in [-0.1, -0.05) is 60.7 Å². The van der Waals surface area contributed by atoms with Gasteiger partial charge in [-0.05, 0) is 49.2 Å². The summed E-state index contributed by atoms with van der Waals surface area (Å²) in [6.07, 6.45) is -0.130. The van der Waals surface area contributed by atoms with E-state index < -0.39 is 0 Å². The minimum absolute atomic E-state index is 0.00254. The Hall–Kier alpha value is -3.09. The number of hydrogen-bond acceptors (Lipinski definition) is 4. The van der Waals surface area contributed by atoms with Gasteiger partial charge < -0.3 is 15.0 Å². The first-order valence-corrected chi connectivity index (χ1v) is 12.8. The fourth-order valence-corrected chi connectivity index (χ4v) is 4.23. The molecule has 0 unspecified atom stereocenters. The number of hydrogen-bond donors (Lipinski definition) is 1. The molecule has 2 amide bonds. The molecule has 178 valence electrons. The van der Waals surface area contributed by atoms with Crippen molar-refractivity contribution in [2.24, 2.45) is 0 Å². The van der Waals surface area contributed by atoms with E-state index in [-0.39, 0.29) is 17.9 Å². The van der Waals surface area contributed by atoms with Crippen molar-refractivity contribution in [3.63, 3.8) is 0 Å². The SMILES string of the molecule is CCN(CC)C(=O)c1ccc(NC(=O)CSCCOC(c2ccccc2)c2ccccc2)cc1. The van der Waals surface area contributed by atoms with E-state index in [1.807, 2.05) is 50.2 Å². The van der Waals surface area contributed by atoms with Gasteiger partial charge in [-0.15, -0.1) is 11.8 Å². The number of carbonyl (C=O) groups excluding carboxylic acids is 2. The van der Waals surface area contributed by atoms with Gasteiger partial charge in [0.15, 0.2) is 0 Å². The molecular formula is C28H32N2O3S. The number of thioether (sulfide) groups is 1. The second kappa shape index (κ2) is 13.6. The van der Waals surface area contributed by atoms with Crippen LogP contribution >= 0.6 is 11.8 Å². The predicted molar refractivity (Wildman–Crippen MR) is 140 cm³/mol. The van der Waals surface area contributed by atoms with Gasteiger partial charge in [0.1, 0.15) is 6.10 Å². The third-order valence-electron chi connectivity index (χ3n) is 5.42. The van der Waals surface area contributed by atoms with E-state index in [0.717, 1.165) is 11.1 Å². The van der Waals surface area contributed by atoms with Crippen LogP contribution in [0.4, 0.5) is 5.69 Å². The van der Waals surface area contributed by atoms with E-state index in [4.69, 9.17) is 4.74 Å². The predicted octanol–water partition coefficient (Wildman–Crippen LogP) is 5.65. The summed E-state index contributed by atoms with van der Waals surface area (Å²) in [6, 6.07) is 27.4. The van der Waals surface area contributed by atoms with E-state index in [0.29, 0.717) is 42.5 Å². The second-order valence-corrected chi connectivity index (χ2v) is 8.83. The lowest BCUT2D eigenvalue weighted by Crippen LogP contribution is -2.30. The Bertz CT molecular complexity index is 983. The lowest BCUT2D eigenvalue weighted by molar-refractivity contribution is -0.113. The Kier molecular flexibility index (Phi) is 10.2. The largest absolute Gasteiger partial charge is 0.368 e. The number of carbonyl (C=O) groups is 2. The normalized spacial score (nSPS) is 10.8. The minimum Gasteiger partial charge on any atom is -0.368 e. The fraction of sp³-hybridized carbons (Fsp3) is 0.286. The Morgan fingerprint density at radius 2 is 1.41 bits per heavy atom. The lowest BCUT2D eigenvalue weighted by Gasteiger charge is -2.19. The van der Waals surface area contributed by atoms with E-state index in [1.165, 1.54) is 11.8 Å². The molecule has 0 bridgehead atoms. The van der Waals surface area contributed by atoms with Crippen molar-refractivity contribution in [1.82, 2.24) is 4.90 Å². The molecule has 0 aromatic heterocycles. The number of rotatable bonds is 12. The monoisotopic (exact) mass is 476 g/mol. The molecular weight excluding hydrogens is 444 g/mol. The topological polar surface area (TPSA) is 58.6 Å². The summed E-state index contributed by atoms with van der Waals surface area (Å²) in [5, 5.41) is 2.89. The molecule has 0 aliphatic rings. The molecule has 0 atom stereocenters. The molecule has 0 aliphatic carbocycles. The maximum Gasteiger partial charge on any atom is 0.253 e. The third kappa shape index (κ3) is 7.47. The van der Waals surface area contributed by atoms with Crippen molar-refractivity contribution in [3.8, 4) is 0 Å². The van der Waals surface area contributed by atoms with Crippen molar-refractivity contribution in [2.75, 3.05) is 36.5 Å². The Labute approximate surface area is 206 Å². The van der Waals surface area contributed by atoms with Gasteiger partial charge in [0.25, 0.3) is 5.91 Å². The van der Waals surface area contributed by atoms with E-state index >= 15 is 0 Å². The average molecular weight is 477 g/mol. The first-order chi connectivity index (χ1) is 16.6. The van der Waals surface area contributed by atoms with Gasteiger partial charge in [0, 0.05) is 30.1 Å². The van der Waals surface area contributed by atoms with Crippen molar-refractivity contribution in [3.05, 3.63) is 102 Å². The van der Waals surface area contributed by atoms with Gasteiger partial charge >= 0.3 is 0 Å².